The lowest BCUT2D eigenvalue weighted by molar-refractivity contribution is -0.385. The number of benzene rings is 2. The van der Waals surface area contributed by atoms with E-state index in [0.29, 0.717) is 0 Å². The van der Waals surface area contributed by atoms with Gasteiger partial charge in [0, 0.05) is 15.6 Å². The van der Waals surface area contributed by atoms with Gasteiger partial charge in [0.15, 0.2) is 0 Å². The van der Waals surface area contributed by atoms with E-state index in [-0.39, 0.29) is 22.3 Å². The molecule has 2 aromatic carbocycles. The number of nitro groups is 1. The molecular formula is C15H12BrClN2O3. The largest absolute Gasteiger partial charge is 0.345 e. The summed E-state index contributed by atoms with van der Waals surface area (Å²) >= 11 is 9.17. The summed E-state index contributed by atoms with van der Waals surface area (Å²) in [6, 6.07) is 11.1. The molecule has 0 saturated heterocycles. The molecule has 5 nitrogen and oxygen atoms in total. The van der Waals surface area contributed by atoms with Crippen molar-refractivity contribution < 1.29 is 9.72 Å². The summed E-state index contributed by atoms with van der Waals surface area (Å²) in [6.45, 7) is 1.80. The van der Waals surface area contributed by atoms with Gasteiger partial charge in [0.2, 0.25) is 0 Å². The first-order chi connectivity index (χ1) is 10.4. The first kappa shape index (κ1) is 16.5. The maximum Gasteiger partial charge on any atom is 0.282 e. The van der Waals surface area contributed by atoms with E-state index in [9.17, 15) is 14.9 Å². The second kappa shape index (κ2) is 6.89. The maximum absolute atomic E-state index is 12.3. The molecule has 1 amide bonds. The normalized spacial score (nSPS) is 11.8. The van der Waals surface area contributed by atoms with Gasteiger partial charge in [-0.2, -0.15) is 0 Å². The minimum Gasteiger partial charge on any atom is -0.345 e. The molecule has 0 fully saturated rings. The molecule has 0 aliphatic rings. The summed E-state index contributed by atoms with van der Waals surface area (Å²) in [6.07, 6.45) is 0. The lowest BCUT2D eigenvalue weighted by Crippen LogP contribution is -2.27. The fourth-order valence-electron chi connectivity index (χ4n) is 1.96. The van der Waals surface area contributed by atoms with Crippen LogP contribution in [0.4, 0.5) is 5.69 Å². The molecule has 0 saturated carbocycles. The average Bonchev–Trinajstić information content (AvgIpc) is 2.47. The molecule has 0 aromatic heterocycles. The first-order valence-electron chi connectivity index (χ1n) is 6.38. The van der Waals surface area contributed by atoms with Gasteiger partial charge in [0.05, 0.1) is 11.0 Å². The van der Waals surface area contributed by atoms with Crippen LogP contribution in [0.5, 0.6) is 0 Å². The molecule has 0 radical (unpaired) electrons. The van der Waals surface area contributed by atoms with Gasteiger partial charge in [0.25, 0.3) is 11.6 Å². The SMILES string of the molecule is CC(NC(=O)c1cc(Cl)ccc1[N+](=O)[O-])c1ccc(Br)cc1. The molecule has 0 aliphatic heterocycles. The molecule has 22 heavy (non-hydrogen) atoms. The van der Waals surface area contributed by atoms with Crippen molar-refractivity contribution in [2.45, 2.75) is 13.0 Å². The van der Waals surface area contributed by atoms with Crippen molar-refractivity contribution in [1.82, 2.24) is 5.32 Å². The van der Waals surface area contributed by atoms with Gasteiger partial charge < -0.3 is 5.32 Å². The number of nitrogens with zero attached hydrogens (tertiary/aromatic N) is 1. The predicted octanol–water partition coefficient (Wildman–Crippen LogP) is 4.50. The summed E-state index contributed by atoms with van der Waals surface area (Å²) in [5, 5.41) is 14.0. The van der Waals surface area contributed by atoms with Crippen LogP contribution in [0.2, 0.25) is 5.02 Å². The fraction of sp³-hybridized carbons (Fsp3) is 0.133. The number of hydrogen-bond acceptors (Lipinski definition) is 3. The highest BCUT2D eigenvalue weighted by Crippen LogP contribution is 2.24. The Bertz CT molecular complexity index is 719. The third-order valence-electron chi connectivity index (χ3n) is 3.12. The zero-order valence-corrected chi connectivity index (χ0v) is 13.9. The molecule has 0 aliphatic carbocycles. The predicted molar refractivity (Wildman–Crippen MR) is 88.1 cm³/mol. The molecule has 2 rings (SSSR count). The minimum atomic E-state index is -0.602. The van der Waals surface area contributed by atoms with Crippen LogP contribution in [0.25, 0.3) is 0 Å². The Kier molecular flexibility index (Phi) is 5.15. The van der Waals surface area contributed by atoms with E-state index in [1.54, 1.807) is 6.92 Å². The highest BCUT2D eigenvalue weighted by Gasteiger charge is 2.22. The molecule has 7 heteroatoms. The Morgan fingerprint density at radius 3 is 2.50 bits per heavy atom. The van der Waals surface area contributed by atoms with E-state index >= 15 is 0 Å². The maximum atomic E-state index is 12.3. The van der Waals surface area contributed by atoms with Gasteiger partial charge in [-0.15, -0.1) is 0 Å². The third kappa shape index (κ3) is 3.84. The Labute approximate surface area is 140 Å². The van der Waals surface area contributed by atoms with Crippen molar-refractivity contribution in [1.29, 1.82) is 0 Å². The molecule has 1 atom stereocenters. The summed E-state index contributed by atoms with van der Waals surface area (Å²) in [4.78, 5) is 22.7. The summed E-state index contributed by atoms with van der Waals surface area (Å²) in [7, 11) is 0. The molecule has 0 spiro atoms. The fourth-order valence-corrected chi connectivity index (χ4v) is 2.39. The number of halogens is 2. The van der Waals surface area contributed by atoms with E-state index < -0.39 is 10.8 Å². The van der Waals surface area contributed by atoms with Crippen molar-refractivity contribution in [2.75, 3.05) is 0 Å². The van der Waals surface area contributed by atoms with E-state index in [1.807, 2.05) is 24.3 Å². The number of nitro benzene ring substituents is 1. The van der Waals surface area contributed by atoms with Gasteiger partial charge in [-0.25, -0.2) is 0 Å². The molecule has 1 unspecified atom stereocenters. The van der Waals surface area contributed by atoms with E-state index in [4.69, 9.17) is 11.6 Å². The second-order valence-electron chi connectivity index (χ2n) is 4.67. The number of nitrogens with one attached hydrogen (secondary N) is 1. The Balaban J connectivity index is 2.23. The lowest BCUT2D eigenvalue weighted by atomic mass is 10.1. The zero-order valence-electron chi connectivity index (χ0n) is 11.5. The quantitative estimate of drug-likeness (QED) is 0.624. The van der Waals surface area contributed by atoms with E-state index in [0.717, 1.165) is 10.0 Å². The average molecular weight is 384 g/mol. The number of hydrogen-bond donors (Lipinski definition) is 1. The third-order valence-corrected chi connectivity index (χ3v) is 3.88. The number of amides is 1. The van der Waals surface area contributed by atoms with Gasteiger partial charge in [-0.3, -0.25) is 14.9 Å². The monoisotopic (exact) mass is 382 g/mol. The van der Waals surface area contributed by atoms with Crippen LogP contribution >= 0.6 is 27.5 Å². The van der Waals surface area contributed by atoms with Crippen molar-refractivity contribution >= 4 is 39.1 Å². The smallest absolute Gasteiger partial charge is 0.282 e. The molecule has 114 valence electrons. The Morgan fingerprint density at radius 1 is 1.27 bits per heavy atom. The minimum absolute atomic E-state index is 0.0542. The highest BCUT2D eigenvalue weighted by molar-refractivity contribution is 9.10. The molecule has 1 N–H and O–H groups in total. The van der Waals surface area contributed by atoms with Crippen LogP contribution in [0.1, 0.15) is 28.9 Å². The Hall–Kier alpha value is -1.92. The van der Waals surface area contributed by atoms with Crippen LogP contribution in [-0.4, -0.2) is 10.8 Å². The van der Waals surface area contributed by atoms with Crippen molar-refractivity contribution in [3.8, 4) is 0 Å². The lowest BCUT2D eigenvalue weighted by Gasteiger charge is -2.14. The Morgan fingerprint density at radius 2 is 1.91 bits per heavy atom. The van der Waals surface area contributed by atoms with Crippen LogP contribution in [0.3, 0.4) is 0 Å². The molecule has 0 bridgehead atoms. The van der Waals surface area contributed by atoms with Crippen LogP contribution in [-0.2, 0) is 0 Å². The van der Waals surface area contributed by atoms with Crippen LogP contribution in [0, 0.1) is 10.1 Å². The first-order valence-corrected chi connectivity index (χ1v) is 7.56. The molecule has 0 heterocycles. The highest BCUT2D eigenvalue weighted by atomic mass is 79.9. The van der Waals surface area contributed by atoms with Crippen molar-refractivity contribution in [3.63, 3.8) is 0 Å². The van der Waals surface area contributed by atoms with E-state index in [1.165, 1.54) is 18.2 Å². The van der Waals surface area contributed by atoms with Gasteiger partial charge in [0.1, 0.15) is 5.56 Å². The summed E-state index contributed by atoms with van der Waals surface area (Å²) in [5.41, 5.74) is 0.563. The van der Waals surface area contributed by atoms with Gasteiger partial charge >= 0.3 is 0 Å². The van der Waals surface area contributed by atoms with Crippen molar-refractivity contribution in [3.05, 3.63) is 73.2 Å². The van der Waals surface area contributed by atoms with Crippen molar-refractivity contribution in [2.24, 2.45) is 0 Å². The van der Waals surface area contributed by atoms with Gasteiger partial charge in [-0.05, 0) is 36.8 Å². The molecule has 2 aromatic rings. The summed E-state index contributed by atoms with van der Waals surface area (Å²) in [5.74, 6) is -0.537. The number of carbonyl (C=O) groups is 1. The standard InChI is InChI=1S/C15H12BrClN2O3/c1-9(10-2-4-11(16)5-3-10)18-15(20)13-8-12(17)6-7-14(13)19(21)22/h2-9H,1H3,(H,18,20). The topological polar surface area (TPSA) is 72.2 Å². The number of carbonyl (C=O) groups excluding carboxylic acids is 1. The molecular weight excluding hydrogens is 372 g/mol. The van der Waals surface area contributed by atoms with E-state index in [2.05, 4.69) is 21.2 Å². The van der Waals surface area contributed by atoms with Crippen LogP contribution < -0.4 is 5.32 Å². The second-order valence-corrected chi connectivity index (χ2v) is 6.02. The van der Waals surface area contributed by atoms with Gasteiger partial charge in [-0.1, -0.05) is 39.7 Å². The zero-order chi connectivity index (χ0) is 16.3. The summed E-state index contributed by atoms with van der Waals surface area (Å²) < 4.78 is 0.931. The van der Waals surface area contributed by atoms with Crippen LogP contribution in [0.15, 0.2) is 46.9 Å². The number of rotatable bonds is 4.